The molecule has 0 heterocycles. The van der Waals surface area contributed by atoms with Crippen LogP contribution in [0.5, 0.6) is 11.5 Å². The van der Waals surface area contributed by atoms with Gasteiger partial charge in [-0.25, -0.2) is 9.18 Å². The third-order valence-corrected chi connectivity index (χ3v) is 3.83. The number of nitrogens with one attached hydrogen (secondary N) is 2. The van der Waals surface area contributed by atoms with Crippen LogP contribution in [0, 0.1) is 5.82 Å². The molecule has 3 rings (SSSR count). The van der Waals surface area contributed by atoms with Gasteiger partial charge in [0.15, 0.2) is 0 Å². The van der Waals surface area contributed by atoms with E-state index < -0.39 is 0 Å². The number of hydrogen-bond acceptors (Lipinski definition) is 2. The van der Waals surface area contributed by atoms with Gasteiger partial charge in [0.25, 0.3) is 0 Å². The van der Waals surface area contributed by atoms with Gasteiger partial charge in [-0.1, -0.05) is 18.9 Å². The largest absolute Gasteiger partial charge is 0.457 e. The van der Waals surface area contributed by atoms with Crippen LogP contribution in [0.15, 0.2) is 48.5 Å². The predicted octanol–water partition coefficient (Wildman–Crippen LogP) is 4.68. The molecule has 2 aromatic carbocycles. The van der Waals surface area contributed by atoms with Gasteiger partial charge in [0, 0.05) is 17.8 Å². The highest BCUT2D eigenvalue weighted by atomic mass is 19.1. The van der Waals surface area contributed by atoms with Gasteiger partial charge in [-0.3, -0.25) is 0 Å². The van der Waals surface area contributed by atoms with Gasteiger partial charge in [0.05, 0.1) is 0 Å². The molecule has 0 bridgehead atoms. The molecule has 1 fully saturated rings. The van der Waals surface area contributed by atoms with Crippen LogP contribution in [0.25, 0.3) is 0 Å². The van der Waals surface area contributed by atoms with Crippen molar-refractivity contribution >= 4 is 11.7 Å². The van der Waals surface area contributed by atoms with Crippen LogP contribution in [0.3, 0.4) is 0 Å². The molecule has 1 aliphatic carbocycles. The Morgan fingerprint density at radius 1 is 1.04 bits per heavy atom. The molecule has 4 nitrogen and oxygen atoms in total. The highest BCUT2D eigenvalue weighted by Gasteiger charge is 2.16. The van der Waals surface area contributed by atoms with Crippen LogP contribution in [-0.4, -0.2) is 12.1 Å². The number of carbonyl (C=O) groups excluding carboxylic acids is 1. The molecule has 2 aromatic rings. The monoisotopic (exact) mass is 314 g/mol. The third-order valence-electron chi connectivity index (χ3n) is 3.83. The standard InChI is InChI=1S/C18H19FN2O2/c19-13-4-3-7-17(12-13)23-16-10-8-15(9-11-16)21-18(22)20-14-5-1-2-6-14/h3-4,7-12,14H,1-2,5-6H2,(H2,20,21,22). The zero-order valence-corrected chi connectivity index (χ0v) is 12.7. The fourth-order valence-electron chi connectivity index (χ4n) is 2.70. The number of carbonyl (C=O) groups is 1. The quantitative estimate of drug-likeness (QED) is 0.860. The Balaban J connectivity index is 1.55. The van der Waals surface area contributed by atoms with E-state index in [0.29, 0.717) is 17.2 Å². The zero-order chi connectivity index (χ0) is 16.1. The van der Waals surface area contributed by atoms with Crippen molar-refractivity contribution in [3.8, 4) is 11.5 Å². The molecular formula is C18H19FN2O2. The minimum Gasteiger partial charge on any atom is -0.457 e. The van der Waals surface area contributed by atoms with Crippen LogP contribution in [-0.2, 0) is 0 Å². The lowest BCUT2D eigenvalue weighted by molar-refractivity contribution is 0.248. The zero-order valence-electron chi connectivity index (χ0n) is 12.7. The lowest BCUT2D eigenvalue weighted by atomic mass is 10.2. The van der Waals surface area contributed by atoms with Crippen molar-refractivity contribution in [2.75, 3.05) is 5.32 Å². The fourth-order valence-corrected chi connectivity index (χ4v) is 2.70. The Hall–Kier alpha value is -2.56. The summed E-state index contributed by atoms with van der Waals surface area (Å²) in [5, 5.41) is 5.77. The molecule has 0 unspecified atom stereocenters. The van der Waals surface area contributed by atoms with Crippen molar-refractivity contribution in [2.45, 2.75) is 31.7 Å². The minimum absolute atomic E-state index is 0.185. The van der Waals surface area contributed by atoms with Gasteiger partial charge in [0.2, 0.25) is 0 Å². The van der Waals surface area contributed by atoms with Crippen LogP contribution in [0.2, 0.25) is 0 Å². The summed E-state index contributed by atoms with van der Waals surface area (Å²) in [6, 6.07) is 13.0. The highest BCUT2D eigenvalue weighted by Crippen LogP contribution is 2.23. The summed E-state index contributed by atoms with van der Waals surface area (Å²) < 4.78 is 18.7. The smallest absolute Gasteiger partial charge is 0.319 e. The van der Waals surface area contributed by atoms with Crippen LogP contribution in [0.1, 0.15) is 25.7 Å². The lowest BCUT2D eigenvalue weighted by Gasteiger charge is -2.13. The predicted molar refractivity (Wildman–Crippen MR) is 87.3 cm³/mol. The number of amides is 2. The maximum absolute atomic E-state index is 13.1. The normalized spacial score (nSPS) is 14.5. The Morgan fingerprint density at radius 2 is 1.78 bits per heavy atom. The second kappa shape index (κ2) is 7.13. The summed E-state index contributed by atoms with van der Waals surface area (Å²) in [5.41, 5.74) is 0.687. The third kappa shape index (κ3) is 4.45. The van der Waals surface area contributed by atoms with E-state index in [4.69, 9.17) is 4.74 Å². The Morgan fingerprint density at radius 3 is 2.48 bits per heavy atom. The number of rotatable bonds is 4. The number of halogens is 1. The molecule has 2 N–H and O–H groups in total. The number of hydrogen-bond donors (Lipinski definition) is 2. The average molecular weight is 314 g/mol. The van der Waals surface area contributed by atoms with E-state index in [-0.39, 0.29) is 17.9 Å². The van der Waals surface area contributed by atoms with Crippen molar-refractivity contribution < 1.29 is 13.9 Å². The van der Waals surface area contributed by atoms with E-state index in [1.54, 1.807) is 36.4 Å². The molecule has 0 spiro atoms. The van der Waals surface area contributed by atoms with Gasteiger partial charge in [-0.05, 0) is 49.2 Å². The topological polar surface area (TPSA) is 50.4 Å². The lowest BCUT2D eigenvalue weighted by Crippen LogP contribution is -2.36. The van der Waals surface area contributed by atoms with E-state index in [2.05, 4.69) is 10.6 Å². The van der Waals surface area contributed by atoms with Gasteiger partial charge in [-0.15, -0.1) is 0 Å². The maximum atomic E-state index is 13.1. The van der Waals surface area contributed by atoms with Crippen LogP contribution >= 0.6 is 0 Å². The highest BCUT2D eigenvalue weighted by molar-refractivity contribution is 5.89. The molecule has 120 valence electrons. The minimum atomic E-state index is -0.343. The fraction of sp³-hybridized carbons (Fsp3) is 0.278. The summed E-state index contributed by atoms with van der Waals surface area (Å²) in [6.45, 7) is 0. The van der Waals surface area contributed by atoms with Crippen molar-refractivity contribution in [1.82, 2.24) is 5.32 Å². The first kappa shape index (κ1) is 15.3. The molecule has 0 saturated heterocycles. The van der Waals surface area contributed by atoms with E-state index in [0.717, 1.165) is 12.8 Å². The molecule has 1 aliphatic rings. The van der Waals surface area contributed by atoms with E-state index in [1.807, 2.05) is 0 Å². The van der Waals surface area contributed by atoms with Gasteiger partial charge in [-0.2, -0.15) is 0 Å². The van der Waals surface area contributed by atoms with Crippen LogP contribution in [0.4, 0.5) is 14.9 Å². The molecule has 5 heteroatoms. The van der Waals surface area contributed by atoms with E-state index in [1.165, 1.54) is 25.0 Å². The van der Waals surface area contributed by atoms with E-state index in [9.17, 15) is 9.18 Å². The van der Waals surface area contributed by atoms with Crippen molar-refractivity contribution in [3.63, 3.8) is 0 Å². The summed E-state index contributed by atoms with van der Waals surface area (Å²) in [4.78, 5) is 11.9. The Labute approximate surface area is 134 Å². The first-order valence-corrected chi connectivity index (χ1v) is 7.80. The van der Waals surface area contributed by atoms with Crippen molar-refractivity contribution in [3.05, 3.63) is 54.3 Å². The second-order valence-corrected chi connectivity index (χ2v) is 5.66. The number of anilines is 1. The Bertz CT molecular complexity index is 667. The van der Waals surface area contributed by atoms with Gasteiger partial charge >= 0.3 is 6.03 Å². The molecule has 0 aromatic heterocycles. The number of ether oxygens (including phenoxy) is 1. The molecule has 0 atom stereocenters. The molecule has 23 heavy (non-hydrogen) atoms. The van der Waals surface area contributed by atoms with E-state index >= 15 is 0 Å². The van der Waals surface area contributed by atoms with Gasteiger partial charge < -0.3 is 15.4 Å². The summed E-state index contributed by atoms with van der Waals surface area (Å²) in [7, 11) is 0. The van der Waals surface area contributed by atoms with Crippen molar-refractivity contribution in [1.29, 1.82) is 0 Å². The molecule has 1 saturated carbocycles. The Kier molecular flexibility index (Phi) is 4.76. The SMILES string of the molecule is O=C(Nc1ccc(Oc2cccc(F)c2)cc1)NC1CCCC1. The first-order valence-electron chi connectivity index (χ1n) is 7.80. The molecule has 0 radical (unpaired) electrons. The second-order valence-electron chi connectivity index (χ2n) is 5.66. The first-order chi connectivity index (χ1) is 11.2. The molecule has 0 aliphatic heterocycles. The van der Waals surface area contributed by atoms with Crippen molar-refractivity contribution in [2.24, 2.45) is 0 Å². The molecule has 2 amide bonds. The molecular weight excluding hydrogens is 295 g/mol. The number of urea groups is 1. The summed E-state index contributed by atoms with van der Waals surface area (Å²) in [6.07, 6.45) is 4.45. The summed E-state index contributed by atoms with van der Waals surface area (Å²) >= 11 is 0. The number of benzene rings is 2. The van der Waals surface area contributed by atoms with Gasteiger partial charge in [0.1, 0.15) is 17.3 Å². The maximum Gasteiger partial charge on any atom is 0.319 e. The van der Waals surface area contributed by atoms with Crippen LogP contribution < -0.4 is 15.4 Å². The summed E-state index contributed by atoms with van der Waals surface area (Å²) in [5.74, 6) is 0.673. The average Bonchev–Trinajstić information content (AvgIpc) is 3.02.